The van der Waals surface area contributed by atoms with Gasteiger partial charge in [-0.2, -0.15) is 0 Å². The molecule has 2 aliphatic heterocycles. The number of pyridine rings is 2. The van der Waals surface area contributed by atoms with Crippen LogP contribution in [0.2, 0.25) is 0 Å². The molecule has 0 saturated carbocycles. The lowest BCUT2D eigenvalue weighted by molar-refractivity contribution is -0.132. The zero-order valence-corrected chi connectivity index (χ0v) is 28.2. The minimum atomic E-state index is -2.70. The maximum atomic E-state index is 14.1. The van der Waals surface area contributed by atoms with Gasteiger partial charge in [0.15, 0.2) is 0 Å². The molecule has 0 radical (unpaired) electrons. The first-order chi connectivity index (χ1) is 22.3. The van der Waals surface area contributed by atoms with E-state index in [0.29, 0.717) is 23.9 Å². The van der Waals surface area contributed by atoms with Gasteiger partial charge in [0.1, 0.15) is 17.5 Å². The van der Waals surface area contributed by atoms with Crippen molar-refractivity contribution in [2.24, 2.45) is 0 Å². The number of carbonyl (C=O) groups excluding carboxylic acids is 1. The molecule has 2 fully saturated rings. The van der Waals surface area contributed by atoms with Crippen LogP contribution in [0, 0.1) is 6.92 Å². The van der Waals surface area contributed by atoms with Crippen LogP contribution in [-0.2, 0) is 4.79 Å². The van der Waals surface area contributed by atoms with Gasteiger partial charge in [0.2, 0.25) is 5.91 Å². The number of aromatic nitrogens is 2. The van der Waals surface area contributed by atoms with E-state index < -0.39 is 5.92 Å². The Labute approximate surface area is 275 Å². The number of anilines is 3. The van der Waals surface area contributed by atoms with Gasteiger partial charge in [0.05, 0.1) is 6.54 Å². The van der Waals surface area contributed by atoms with E-state index in [2.05, 4.69) is 41.5 Å². The molecule has 2 aromatic rings. The Morgan fingerprint density at radius 3 is 2.35 bits per heavy atom. The van der Waals surface area contributed by atoms with Gasteiger partial charge in [-0.3, -0.25) is 4.79 Å². The fourth-order valence-corrected chi connectivity index (χ4v) is 6.37. The molecule has 0 aliphatic carbocycles. The summed E-state index contributed by atoms with van der Waals surface area (Å²) in [4.78, 5) is 25.8. The molecule has 2 aliphatic rings. The lowest BCUT2D eigenvalue weighted by Gasteiger charge is -2.33. The number of nitrogens with one attached hydrogen (secondary N) is 1. The SMILES string of the molecule is CCCCC/C=C/C/C=C\CCCCCCCC(=O)N1CCC(c2cc(Nc3cc(C)ccn3)nc(N3CCC(F)(F)C3)c2)CC1. The molecule has 46 heavy (non-hydrogen) atoms. The van der Waals surface area contributed by atoms with Gasteiger partial charge in [-0.15, -0.1) is 0 Å². The van der Waals surface area contributed by atoms with E-state index >= 15 is 0 Å². The minimum absolute atomic E-state index is 0.156. The summed E-state index contributed by atoms with van der Waals surface area (Å²) in [6.45, 7) is 5.67. The summed E-state index contributed by atoms with van der Waals surface area (Å²) in [7, 11) is 0. The van der Waals surface area contributed by atoms with Crippen LogP contribution in [0.4, 0.5) is 26.2 Å². The van der Waals surface area contributed by atoms with Crippen LogP contribution in [0.1, 0.15) is 120 Å². The molecule has 0 unspecified atom stereocenters. The number of amides is 1. The molecular formula is C38H55F2N5O. The Bertz CT molecular complexity index is 1270. The molecule has 4 rings (SSSR count). The predicted octanol–water partition coefficient (Wildman–Crippen LogP) is 9.89. The summed E-state index contributed by atoms with van der Waals surface area (Å²) in [5.74, 6) is -0.333. The summed E-state index contributed by atoms with van der Waals surface area (Å²) < 4.78 is 28.1. The number of allylic oxidation sites excluding steroid dienone is 4. The van der Waals surface area contributed by atoms with Gasteiger partial charge in [0, 0.05) is 38.7 Å². The van der Waals surface area contributed by atoms with E-state index in [1.165, 1.54) is 44.9 Å². The van der Waals surface area contributed by atoms with E-state index in [9.17, 15) is 13.6 Å². The Hall–Kier alpha value is -3.29. The van der Waals surface area contributed by atoms with Gasteiger partial charge in [0.25, 0.3) is 5.92 Å². The number of alkyl halides is 2. The molecule has 6 nitrogen and oxygen atoms in total. The highest BCUT2D eigenvalue weighted by molar-refractivity contribution is 5.76. The number of aryl methyl sites for hydroxylation is 1. The van der Waals surface area contributed by atoms with Crippen molar-refractivity contribution in [2.45, 2.75) is 122 Å². The fraction of sp³-hybridized carbons (Fsp3) is 0.605. The third-order valence-corrected chi connectivity index (χ3v) is 9.16. The molecule has 0 atom stereocenters. The number of carbonyl (C=O) groups is 1. The topological polar surface area (TPSA) is 61.4 Å². The minimum Gasteiger partial charge on any atom is -0.350 e. The van der Waals surface area contributed by atoms with Crippen LogP contribution >= 0.6 is 0 Å². The molecule has 252 valence electrons. The summed E-state index contributed by atoms with van der Waals surface area (Å²) in [5, 5.41) is 3.29. The number of halogens is 2. The largest absolute Gasteiger partial charge is 0.350 e. The zero-order valence-electron chi connectivity index (χ0n) is 28.2. The lowest BCUT2D eigenvalue weighted by Crippen LogP contribution is -2.37. The van der Waals surface area contributed by atoms with Gasteiger partial charge in [-0.25, -0.2) is 18.7 Å². The summed E-state index contributed by atoms with van der Waals surface area (Å²) in [5.41, 5.74) is 2.15. The van der Waals surface area contributed by atoms with Gasteiger partial charge in [-0.05, 0) is 99.6 Å². The van der Waals surface area contributed by atoms with Crippen molar-refractivity contribution in [3.63, 3.8) is 0 Å². The lowest BCUT2D eigenvalue weighted by atomic mass is 9.89. The standard InChI is InChI=1S/C38H55F2N5O/c1-3-4-5-6-7-8-9-10-11-12-13-14-15-16-17-18-37(46)44-24-20-32(21-25-44)33-28-35(42-34-27-31(2)19-23-41-34)43-36(29-33)45-26-22-38(39,40)30-45/h7-8,10-11,19,23,27-29,32H,3-6,9,12-18,20-22,24-26,30H2,1-2H3,(H,41,42,43)/b8-7+,11-10-. The van der Waals surface area contributed by atoms with E-state index in [1.54, 1.807) is 11.1 Å². The molecule has 0 spiro atoms. The first kappa shape index (κ1) is 35.6. The van der Waals surface area contributed by atoms with Gasteiger partial charge in [-0.1, -0.05) is 63.3 Å². The molecule has 1 amide bonds. The van der Waals surface area contributed by atoms with E-state index in [1.807, 2.05) is 36.1 Å². The molecule has 0 aromatic carbocycles. The summed E-state index contributed by atoms with van der Waals surface area (Å²) in [6.07, 6.45) is 26.0. The van der Waals surface area contributed by atoms with Crippen LogP contribution in [0.5, 0.6) is 0 Å². The summed E-state index contributed by atoms with van der Waals surface area (Å²) in [6, 6.07) is 7.86. The Morgan fingerprint density at radius 1 is 0.935 bits per heavy atom. The predicted molar refractivity (Wildman–Crippen MR) is 186 cm³/mol. The molecule has 0 bridgehead atoms. The second-order valence-corrected chi connectivity index (χ2v) is 13.2. The quantitative estimate of drug-likeness (QED) is 0.131. The average Bonchev–Trinajstić information content (AvgIpc) is 3.42. The van der Waals surface area contributed by atoms with E-state index in [0.717, 1.165) is 62.7 Å². The van der Waals surface area contributed by atoms with E-state index in [4.69, 9.17) is 4.98 Å². The highest BCUT2D eigenvalue weighted by Gasteiger charge is 2.39. The van der Waals surface area contributed by atoms with Gasteiger partial charge >= 0.3 is 0 Å². The Balaban J connectivity index is 1.17. The normalized spacial score (nSPS) is 17.0. The number of nitrogens with zero attached hydrogens (tertiary/aromatic N) is 4. The van der Waals surface area contributed by atoms with Crippen molar-refractivity contribution in [1.29, 1.82) is 0 Å². The monoisotopic (exact) mass is 635 g/mol. The Kier molecular flexibility index (Phi) is 14.5. The maximum Gasteiger partial charge on any atom is 0.266 e. The van der Waals surface area contributed by atoms with Crippen molar-refractivity contribution in [3.05, 3.63) is 65.9 Å². The number of rotatable bonds is 18. The number of likely N-dealkylation sites (tertiary alicyclic amines) is 1. The number of hydrogen-bond acceptors (Lipinski definition) is 5. The van der Waals surface area contributed by atoms with Crippen molar-refractivity contribution in [3.8, 4) is 0 Å². The third-order valence-electron chi connectivity index (χ3n) is 9.16. The third kappa shape index (κ3) is 12.1. The van der Waals surface area contributed by atoms with Crippen LogP contribution in [0.3, 0.4) is 0 Å². The highest BCUT2D eigenvalue weighted by Crippen LogP contribution is 2.35. The van der Waals surface area contributed by atoms with Crippen molar-refractivity contribution in [2.75, 3.05) is 36.4 Å². The number of unbranched alkanes of at least 4 members (excludes halogenated alkanes) is 8. The fourth-order valence-electron chi connectivity index (χ4n) is 6.37. The molecule has 2 aromatic heterocycles. The van der Waals surface area contributed by atoms with Crippen LogP contribution < -0.4 is 10.2 Å². The first-order valence-electron chi connectivity index (χ1n) is 17.7. The van der Waals surface area contributed by atoms with E-state index in [-0.39, 0.29) is 31.3 Å². The van der Waals surface area contributed by atoms with Crippen LogP contribution in [0.25, 0.3) is 0 Å². The highest BCUT2D eigenvalue weighted by atomic mass is 19.3. The van der Waals surface area contributed by atoms with Crippen molar-refractivity contribution >= 4 is 23.4 Å². The van der Waals surface area contributed by atoms with Crippen LogP contribution in [0.15, 0.2) is 54.8 Å². The van der Waals surface area contributed by atoms with Crippen molar-refractivity contribution < 1.29 is 13.6 Å². The number of hydrogen-bond donors (Lipinski definition) is 1. The zero-order chi connectivity index (χ0) is 32.6. The first-order valence-corrected chi connectivity index (χ1v) is 17.7. The number of piperidine rings is 1. The Morgan fingerprint density at radius 2 is 1.65 bits per heavy atom. The molecule has 8 heteroatoms. The molecule has 2 saturated heterocycles. The summed E-state index contributed by atoms with van der Waals surface area (Å²) >= 11 is 0. The van der Waals surface area contributed by atoms with Gasteiger partial charge < -0.3 is 15.1 Å². The second kappa shape index (κ2) is 18.8. The van der Waals surface area contributed by atoms with Crippen LogP contribution in [-0.4, -0.2) is 52.9 Å². The molecule has 4 heterocycles. The maximum absolute atomic E-state index is 14.1. The van der Waals surface area contributed by atoms with Crippen molar-refractivity contribution in [1.82, 2.24) is 14.9 Å². The average molecular weight is 636 g/mol. The molecular weight excluding hydrogens is 580 g/mol. The smallest absolute Gasteiger partial charge is 0.266 e. The second-order valence-electron chi connectivity index (χ2n) is 13.2. The molecule has 1 N–H and O–H groups in total.